The summed E-state index contributed by atoms with van der Waals surface area (Å²) in [5.41, 5.74) is 3.56. The van der Waals surface area contributed by atoms with Gasteiger partial charge in [0.2, 0.25) is 5.91 Å². The molecule has 0 atom stereocenters. The Kier molecular flexibility index (Phi) is 6.46. The molecule has 0 saturated heterocycles. The van der Waals surface area contributed by atoms with E-state index in [0.717, 1.165) is 17.9 Å². The average molecular weight is 314 g/mol. The number of nitrogens with zero attached hydrogens (tertiary/aromatic N) is 2. The van der Waals surface area contributed by atoms with Crippen LogP contribution >= 0.6 is 11.8 Å². The fraction of sp³-hybridized carbons (Fsp3) is 0.333. The molecule has 2 aromatic rings. The van der Waals surface area contributed by atoms with Crippen LogP contribution in [0.5, 0.6) is 0 Å². The van der Waals surface area contributed by atoms with Crippen molar-refractivity contribution < 1.29 is 4.79 Å². The number of benzene rings is 1. The molecule has 0 aliphatic heterocycles. The first-order chi connectivity index (χ1) is 10.6. The predicted octanol–water partition coefficient (Wildman–Crippen LogP) is 3.32. The molecule has 22 heavy (non-hydrogen) atoms. The van der Waals surface area contributed by atoms with Gasteiger partial charge in [-0.1, -0.05) is 35.9 Å². The second-order valence-corrected chi connectivity index (χ2v) is 6.35. The van der Waals surface area contributed by atoms with Gasteiger partial charge in [-0.2, -0.15) is 0 Å². The van der Waals surface area contributed by atoms with Crippen molar-refractivity contribution in [1.29, 1.82) is 0 Å². The number of thioether (sulfide) groups is 1. The summed E-state index contributed by atoms with van der Waals surface area (Å²) in [5, 5.41) is 0. The lowest BCUT2D eigenvalue weighted by Gasteiger charge is -2.16. The highest BCUT2D eigenvalue weighted by atomic mass is 32.2. The minimum absolute atomic E-state index is 0.175. The molecule has 0 aliphatic rings. The Morgan fingerprint density at radius 3 is 2.82 bits per heavy atom. The van der Waals surface area contributed by atoms with E-state index in [1.807, 2.05) is 25.2 Å². The number of carbonyl (C=O) groups excluding carboxylic acids is 1. The molecule has 1 heterocycles. The van der Waals surface area contributed by atoms with Crippen molar-refractivity contribution in [2.24, 2.45) is 0 Å². The molecule has 0 fully saturated rings. The summed E-state index contributed by atoms with van der Waals surface area (Å²) in [7, 11) is 1.86. The number of rotatable bonds is 7. The van der Waals surface area contributed by atoms with Crippen LogP contribution in [0.1, 0.15) is 16.8 Å². The summed E-state index contributed by atoms with van der Waals surface area (Å²) in [5.74, 6) is 1.57. The number of aromatic nitrogens is 1. The molecule has 3 nitrogen and oxygen atoms in total. The Bertz CT molecular complexity index is 601. The number of aryl methyl sites for hydroxylation is 1. The van der Waals surface area contributed by atoms with Crippen LogP contribution in [0.4, 0.5) is 0 Å². The zero-order valence-corrected chi connectivity index (χ0v) is 14.0. The Morgan fingerprint density at radius 1 is 1.23 bits per heavy atom. The zero-order chi connectivity index (χ0) is 15.8. The molecule has 1 aromatic heterocycles. The van der Waals surface area contributed by atoms with E-state index in [9.17, 15) is 4.79 Å². The fourth-order valence-electron chi connectivity index (χ4n) is 2.12. The van der Waals surface area contributed by atoms with E-state index in [4.69, 9.17) is 0 Å². The Labute approximate surface area is 136 Å². The van der Waals surface area contributed by atoms with Gasteiger partial charge in [-0.15, -0.1) is 11.8 Å². The summed E-state index contributed by atoms with van der Waals surface area (Å²) in [4.78, 5) is 18.2. The van der Waals surface area contributed by atoms with Crippen molar-refractivity contribution in [1.82, 2.24) is 9.88 Å². The summed E-state index contributed by atoms with van der Waals surface area (Å²) < 4.78 is 0. The van der Waals surface area contributed by atoms with Crippen LogP contribution in [0.2, 0.25) is 0 Å². The largest absolute Gasteiger partial charge is 0.345 e. The topological polar surface area (TPSA) is 33.2 Å². The first kappa shape index (κ1) is 16.6. The summed E-state index contributed by atoms with van der Waals surface area (Å²) in [6.07, 6.45) is 2.58. The number of hydrogen-bond acceptors (Lipinski definition) is 3. The van der Waals surface area contributed by atoms with Crippen LogP contribution < -0.4 is 0 Å². The highest BCUT2D eigenvalue weighted by Crippen LogP contribution is 2.14. The average Bonchev–Trinajstić information content (AvgIpc) is 2.53. The van der Waals surface area contributed by atoms with Crippen molar-refractivity contribution in [3.05, 3.63) is 65.5 Å². The van der Waals surface area contributed by atoms with Gasteiger partial charge in [0.05, 0.1) is 5.75 Å². The highest BCUT2D eigenvalue weighted by Gasteiger charge is 2.09. The van der Waals surface area contributed by atoms with Crippen molar-refractivity contribution in [2.75, 3.05) is 19.3 Å². The van der Waals surface area contributed by atoms with Gasteiger partial charge in [0.1, 0.15) is 0 Å². The molecule has 2 rings (SSSR count). The number of hydrogen-bond donors (Lipinski definition) is 0. The predicted molar refractivity (Wildman–Crippen MR) is 92.9 cm³/mol. The standard InChI is InChI=1S/C18H22N2OS/c1-15-6-5-7-16(12-15)13-22-14-18(21)20(2)11-9-17-8-3-4-10-19-17/h3-8,10,12H,9,11,13-14H2,1-2H3. The molecule has 116 valence electrons. The van der Waals surface area contributed by atoms with Crippen LogP contribution in [-0.2, 0) is 17.0 Å². The molecule has 0 saturated carbocycles. The van der Waals surface area contributed by atoms with E-state index in [2.05, 4.69) is 36.2 Å². The number of pyridine rings is 1. The molecule has 1 aromatic carbocycles. The van der Waals surface area contributed by atoms with E-state index < -0.39 is 0 Å². The summed E-state index contributed by atoms with van der Waals surface area (Å²) >= 11 is 1.67. The minimum atomic E-state index is 0.175. The van der Waals surface area contributed by atoms with Gasteiger partial charge < -0.3 is 4.90 Å². The maximum Gasteiger partial charge on any atom is 0.232 e. The van der Waals surface area contributed by atoms with E-state index >= 15 is 0 Å². The lowest BCUT2D eigenvalue weighted by Crippen LogP contribution is -2.30. The first-order valence-electron chi connectivity index (χ1n) is 7.42. The van der Waals surface area contributed by atoms with E-state index in [-0.39, 0.29) is 5.91 Å². The summed E-state index contributed by atoms with van der Waals surface area (Å²) in [6, 6.07) is 14.3. The Morgan fingerprint density at radius 2 is 2.09 bits per heavy atom. The van der Waals surface area contributed by atoms with Gasteiger partial charge in [0.25, 0.3) is 0 Å². The molecule has 0 spiro atoms. The zero-order valence-electron chi connectivity index (χ0n) is 13.2. The fourth-order valence-corrected chi connectivity index (χ4v) is 3.03. The van der Waals surface area contributed by atoms with Crippen LogP contribution in [0, 0.1) is 6.92 Å². The molecule has 0 bridgehead atoms. The monoisotopic (exact) mass is 314 g/mol. The number of likely N-dealkylation sites (N-methyl/N-ethyl adjacent to an activating group) is 1. The van der Waals surface area contributed by atoms with Crippen LogP contribution in [0.25, 0.3) is 0 Å². The van der Waals surface area contributed by atoms with E-state index in [1.54, 1.807) is 22.9 Å². The van der Waals surface area contributed by atoms with Crippen LogP contribution in [-0.4, -0.2) is 35.1 Å². The minimum Gasteiger partial charge on any atom is -0.345 e. The quantitative estimate of drug-likeness (QED) is 0.786. The van der Waals surface area contributed by atoms with Crippen LogP contribution in [0.15, 0.2) is 48.7 Å². The lowest BCUT2D eigenvalue weighted by molar-refractivity contribution is -0.127. The third kappa shape index (κ3) is 5.53. The Hall–Kier alpha value is -1.81. The Balaban J connectivity index is 1.70. The highest BCUT2D eigenvalue weighted by molar-refractivity contribution is 7.99. The number of carbonyl (C=O) groups is 1. The van der Waals surface area contributed by atoms with Gasteiger partial charge >= 0.3 is 0 Å². The van der Waals surface area contributed by atoms with Gasteiger partial charge in [-0.3, -0.25) is 9.78 Å². The molecule has 4 heteroatoms. The van der Waals surface area contributed by atoms with E-state index in [0.29, 0.717) is 12.3 Å². The molecular weight excluding hydrogens is 292 g/mol. The lowest BCUT2D eigenvalue weighted by atomic mass is 10.2. The maximum atomic E-state index is 12.1. The van der Waals surface area contributed by atoms with Crippen molar-refractivity contribution >= 4 is 17.7 Å². The van der Waals surface area contributed by atoms with E-state index in [1.165, 1.54) is 11.1 Å². The molecule has 0 aliphatic carbocycles. The van der Waals surface area contributed by atoms with Crippen molar-refractivity contribution in [2.45, 2.75) is 19.1 Å². The summed E-state index contributed by atoms with van der Waals surface area (Å²) in [6.45, 7) is 2.80. The molecular formula is C18H22N2OS. The molecule has 1 amide bonds. The number of amides is 1. The SMILES string of the molecule is Cc1cccc(CSCC(=O)N(C)CCc2ccccn2)c1. The normalized spacial score (nSPS) is 10.5. The smallest absolute Gasteiger partial charge is 0.232 e. The van der Waals surface area contributed by atoms with Crippen molar-refractivity contribution in [3.8, 4) is 0 Å². The second kappa shape index (κ2) is 8.59. The van der Waals surface area contributed by atoms with Gasteiger partial charge in [0, 0.05) is 37.7 Å². The first-order valence-corrected chi connectivity index (χ1v) is 8.58. The molecule has 0 N–H and O–H groups in total. The third-order valence-corrected chi connectivity index (χ3v) is 4.42. The second-order valence-electron chi connectivity index (χ2n) is 5.37. The van der Waals surface area contributed by atoms with Crippen LogP contribution in [0.3, 0.4) is 0 Å². The maximum absolute atomic E-state index is 12.1. The van der Waals surface area contributed by atoms with Crippen molar-refractivity contribution in [3.63, 3.8) is 0 Å². The van der Waals surface area contributed by atoms with Gasteiger partial charge in [-0.25, -0.2) is 0 Å². The molecule has 0 unspecified atom stereocenters. The molecule has 0 radical (unpaired) electrons. The third-order valence-electron chi connectivity index (χ3n) is 3.43. The van der Waals surface area contributed by atoms with Gasteiger partial charge in [0.15, 0.2) is 0 Å². The van der Waals surface area contributed by atoms with Gasteiger partial charge in [-0.05, 0) is 24.6 Å².